The molecule has 0 atom stereocenters. The zero-order valence-electron chi connectivity index (χ0n) is 8.24. The lowest BCUT2D eigenvalue weighted by Crippen LogP contribution is -2.01. The van der Waals surface area contributed by atoms with E-state index in [1.165, 1.54) is 17.4 Å². The summed E-state index contributed by atoms with van der Waals surface area (Å²) in [6.07, 6.45) is 0.0950. The van der Waals surface area contributed by atoms with E-state index in [9.17, 15) is 13.6 Å². The normalized spacial score (nSPS) is 10.4. The van der Waals surface area contributed by atoms with Gasteiger partial charge in [-0.2, -0.15) is 0 Å². The van der Waals surface area contributed by atoms with Gasteiger partial charge in [-0.15, -0.1) is 11.3 Å². The van der Waals surface area contributed by atoms with Crippen molar-refractivity contribution in [2.75, 3.05) is 0 Å². The summed E-state index contributed by atoms with van der Waals surface area (Å²) in [4.78, 5) is 12.3. The molecule has 0 saturated carbocycles. The molecule has 0 radical (unpaired) electrons. The zero-order chi connectivity index (χ0) is 11.5. The topological polar surface area (TPSA) is 17.1 Å². The van der Waals surface area contributed by atoms with Gasteiger partial charge >= 0.3 is 0 Å². The minimum atomic E-state index is -0.920. The van der Waals surface area contributed by atoms with Crippen molar-refractivity contribution in [3.05, 3.63) is 57.8 Å². The fourth-order valence-electron chi connectivity index (χ4n) is 1.36. The second-order valence-electron chi connectivity index (χ2n) is 3.33. The molecule has 0 bridgehead atoms. The van der Waals surface area contributed by atoms with E-state index in [1.807, 2.05) is 0 Å². The van der Waals surface area contributed by atoms with Crippen LogP contribution in [-0.2, 0) is 6.42 Å². The Morgan fingerprint density at radius 3 is 2.62 bits per heavy atom. The first-order valence-corrected chi connectivity index (χ1v) is 5.55. The van der Waals surface area contributed by atoms with Gasteiger partial charge in [0.2, 0.25) is 0 Å². The summed E-state index contributed by atoms with van der Waals surface area (Å²) in [5.41, 5.74) is 0.484. The van der Waals surface area contributed by atoms with Gasteiger partial charge in [-0.3, -0.25) is 4.79 Å². The van der Waals surface area contributed by atoms with Crippen LogP contribution in [0.25, 0.3) is 0 Å². The molecule has 0 aliphatic carbocycles. The Morgan fingerprint density at radius 2 is 2.00 bits per heavy atom. The van der Waals surface area contributed by atoms with Crippen LogP contribution in [0, 0.1) is 11.6 Å². The van der Waals surface area contributed by atoms with Crippen LogP contribution >= 0.6 is 11.3 Å². The number of ketones is 1. The van der Waals surface area contributed by atoms with Crippen molar-refractivity contribution in [2.45, 2.75) is 6.42 Å². The number of Topliss-reactive ketones (excluding diaryl/α,β-unsaturated/α-hetero) is 1. The van der Waals surface area contributed by atoms with Gasteiger partial charge in [0.15, 0.2) is 17.4 Å². The van der Waals surface area contributed by atoms with Crippen LogP contribution in [0.15, 0.2) is 35.7 Å². The highest BCUT2D eigenvalue weighted by Crippen LogP contribution is 2.14. The van der Waals surface area contributed by atoms with E-state index >= 15 is 0 Å². The first-order valence-electron chi connectivity index (χ1n) is 4.67. The second-order valence-corrected chi connectivity index (χ2v) is 4.27. The Hall–Kier alpha value is -1.55. The predicted octanol–water partition coefficient (Wildman–Crippen LogP) is 3.45. The molecule has 0 aliphatic heterocycles. The molecule has 1 heterocycles. The van der Waals surface area contributed by atoms with Crippen LogP contribution in [0.1, 0.15) is 15.2 Å². The standard InChI is InChI=1S/C12H8F2OS/c13-9-4-3-8(6-10(9)14)7-11(15)12-2-1-5-16-12/h1-6H,7H2. The first kappa shape index (κ1) is 11.0. The number of benzene rings is 1. The summed E-state index contributed by atoms with van der Waals surface area (Å²) in [6, 6.07) is 7.01. The number of carbonyl (C=O) groups is 1. The lowest BCUT2D eigenvalue weighted by atomic mass is 10.1. The fourth-order valence-corrected chi connectivity index (χ4v) is 2.02. The van der Waals surface area contributed by atoms with E-state index in [0.29, 0.717) is 10.4 Å². The van der Waals surface area contributed by atoms with Crippen molar-refractivity contribution in [3.63, 3.8) is 0 Å². The lowest BCUT2D eigenvalue weighted by Gasteiger charge is -2.00. The third kappa shape index (κ3) is 2.33. The number of hydrogen-bond acceptors (Lipinski definition) is 2. The van der Waals surface area contributed by atoms with Gasteiger partial charge in [0.05, 0.1) is 4.88 Å². The van der Waals surface area contributed by atoms with Crippen LogP contribution in [0.2, 0.25) is 0 Å². The summed E-state index contributed by atoms with van der Waals surface area (Å²) in [7, 11) is 0. The number of hydrogen-bond donors (Lipinski definition) is 0. The largest absolute Gasteiger partial charge is 0.293 e. The van der Waals surface area contributed by atoms with Gasteiger partial charge < -0.3 is 0 Å². The van der Waals surface area contributed by atoms with Gasteiger partial charge in [0.1, 0.15) is 0 Å². The summed E-state index contributed by atoms with van der Waals surface area (Å²) in [6.45, 7) is 0. The van der Waals surface area contributed by atoms with Crippen molar-refractivity contribution in [2.24, 2.45) is 0 Å². The first-order chi connectivity index (χ1) is 7.66. The Bertz CT molecular complexity index is 506. The van der Waals surface area contributed by atoms with Crippen molar-refractivity contribution < 1.29 is 13.6 Å². The molecular weight excluding hydrogens is 230 g/mol. The maximum Gasteiger partial charge on any atom is 0.177 e. The van der Waals surface area contributed by atoms with Crippen LogP contribution in [0.3, 0.4) is 0 Å². The van der Waals surface area contributed by atoms with Crippen molar-refractivity contribution in [3.8, 4) is 0 Å². The van der Waals surface area contributed by atoms with E-state index in [4.69, 9.17) is 0 Å². The molecule has 0 aliphatic rings. The van der Waals surface area contributed by atoms with E-state index in [0.717, 1.165) is 12.1 Å². The molecular formula is C12H8F2OS. The smallest absolute Gasteiger partial charge is 0.177 e. The van der Waals surface area contributed by atoms with E-state index in [-0.39, 0.29) is 12.2 Å². The number of carbonyl (C=O) groups excluding carboxylic acids is 1. The van der Waals surface area contributed by atoms with Gasteiger partial charge in [-0.25, -0.2) is 8.78 Å². The molecule has 4 heteroatoms. The Morgan fingerprint density at radius 1 is 1.19 bits per heavy atom. The van der Waals surface area contributed by atoms with Crippen LogP contribution in [0.5, 0.6) is 0 Å². The van der Waals surface area contributed by atoms with Gasteiger partial charge in [0, 0.05) is 6.42 Å². The monoisotopic (exact) mass is 238 g/mol. The average molecular weight is 238 g/mol. The number of rotatable bonds is 3. The molecule has 0 spiro atoms. The Kier molecular flexibility index (Phi) is 3.10. The van der Waals surface area contributed by atoms with Gasteiger partial charge in [0.25, 0.3) is 0 Å². The third-order valence-corrected chi connectivity index (χ3v) is 3.06. The maximum atomic E-state index is 12.9. The average Bonchev–Trinajstić information content (AvgIpc) is 2.77. The van der Waals surface area contributed by atoms with Crippen molar-refractivity contribution in [1.29, 1.82) is 0 Å². The highest BCUT2D eigenvalue weighted by Gasteiger charge is 2.09. The molecule has 0 amide bonds. The molecule has 0 saturated heterocycles. The third-order valence-electron chi connectivity index (χ3n) is 2.14. The summed E-state index contributed by atoms with van der Waals surface area (Å²) < 4.78 is 25.5. The number of thiophene rings is 1. The number of halogens is 2. The minimum absolute atomic E-state index is 0.0824. The van der Waals surface area contributed by atoms with Gasteiger partial charge in [-0.05, 0) is 29.1 Å². The molecule has 16 heavy (non-hydrogen) atoms. The van der Waals surface area contributed by atoms with Crippen molar-refractivity contribution in [1.82, 2.24) is 0 Å². The van der Waals surface area contributed by atoms with Crippen molar-refractivity contribution >= 4 is 17.1 Å². The van der Waals surface area contributed by atoms with E-state index in [1.54, 1.807) is 17.5 Å². The highest BCUT2D eigenvalue weighted by molar-refractivity contribution is 7.12. The summed E-state index contributed by atoms with van der Waals surface area (Å²) >= 11 is 1.34. The molecule has 2 rings (SSSR count). The Labute approximate surface area is 95.4 Å². The zero-order valence-corrected chi connectivity index (χ0v) is 9.06. The van der Waals surface area contributed by atoms with Crippen LogP contribution < -0.4 is 0 Å². The molecule has 1 aromatic heterocycles. The molecule has 0 fully saturated rings. The Balaban J connectivity index is 2.15. The summed E-state index contributed by atoms with van der Waals surface area (Å²) in [5, 5.41) is 1.80. The molecule has 1 nitrogen and oxygen atoms in total. The van der Waals surface area contributed by atoms with Crippen LogP contribution in [0.4, 0.5) is 8.78 Å². The maximum absolute atomic E-state index is 12.9. The van der Waals surface area contributed by atoms with Gasteiger partial charge in [-0.1, -0.05) is 12.1 Å². The summed E-state index contributed by atoms with van der Waals surface area (Å²) in [5.74, 6) is -1.90. The van der Waals surface area contributed by atoms with Crippen LogP contribution in [-0.4, -0.2) is 5.78 Å². The predicted molar refractivity (Wildman–Crippen MR) is 58.7 cm³/mol. The quantitative estimate of drug-likeness (QED) is 0.748. The molecule has 82 valence electrons. The second kappa shape index (κ2) is 4.53. The molecule has 1 aromatic carbocycles. The molecule has 0 unspecified atom stereocenters. The molecule has 2 aromatic rings. The van der Waals surface area contributed by atoms with E-state index in [2.05, 4.69) is 0 Å². The minimum Gasteiger partial charge on any atom is -0.293 e. The molecule has 0 N–H and O–H groups in total. The highest BCUT2D eigenvalue weighted by atomic mass is 32.1. The fraction of sp³-hybridized carbons (Fsp3) is 0.0833. The SMILES string of the molecule is O=C(Cc1ccc(F)c(F)c1)c1cccs1. The van der Waals surface area contributed by atoms with E-state index < -0.39 is 11.6 Å². The lowest BCUT2D eigenvalue weighted by molar-refractivity contribution is 0.0997.